The van der Waals surface area contributed by atoms with Crippen LogP contribution in [0.1, 0.15) is 55.7 Å². The lowest BCUT2D eigenvalue weighted by atomic mass is 9.87. The summed E-state index contributed by atoms with van der Waals surface area (Å²) in [7, 11) is -3.76. The predicted molar refractivity (Wildman–Crippen MR) is 169 cm³/mol. The number of aliphatic hydroxyl groups excluding tert-OH is 1. The van der Waals surface area contributed by atoms with Gasteiger partial charge in [0.05, 0.1) is 10.6 Å². The summed E-state index contributed by atoms with van der Waals surface area (Å²) in [6.45, 7) is 2.50. The lowest BCUT2D eigenvalue weighted by molar-refractivity contribution is -0.139. The van der Waals surface area contributed by atoms with E-state index in [9.17, 15) is 33.0 Å². The van der Waals surface area contributed by atoms with Gasteiger partial charge in [0.2, 0.25) is 15.9 Å². The molecule has 0 bridgehead atoms. The van der Waals surface area contributed by atoms with E-state index in [0.29, 0.717) is 29.8 Å². The third-order valence-corrected chi connectivity index (χ3v) is 8.84. The Labute approximate surface area is 267 Å². The number of carbonyl (C=O) groups excluding carboxylic acids is 2. The number of amides is 1. The number of hydrogen-bond acceptors (Lipinski definition) is 8. The van der Waals surface area contributed by atoms with E-state index in [2.05, 4.69) is 10.0 Å². The highest BCUT2D eigenvalue weighted by atomic mass is 35.5. The molecule has 0 aliphatic rings. The number of halogens is 1. The van der Waals surface area contributed by atoms with Crippen molar-refractivity contribution in [3.63, 3.8) is 0 Å². The molecule has 0 saturated heterocycles. The molecule has 3 rings (SSSR count). The number of aryl methyl sites for hydroxylation is 1. The van der Waals surface area contributed by atoms with Crippen molar-refractivity contribution >= 4 is 45.0 Å². The lowest BCUT2D eigenvalue weighted by Gasteiger charge is -2.20. The molecule has 2 unspecified atom stereocenters. The van der Waals surface area contributed by atoms with Crippen LogP contribution in [0.5, 0.6) is 11.5 Å². The van der Waals surface area contributed by atoms with Crippen molar-refractivity contribution in [1.82, 2.24) is 4.72 Å². The number of rotatable bonds is 17. The average Bonchev–Trinajstić information content (AvgIpc) is 2.98. The summed E-state index contributed by atoms with van der Waals surface area (Å²) in [5, 5.41) is 32.4. The molecule has 5 N–H and O–H groups in total. The summed E-state index contributed by atoms with van der Waals surface area (Å²) in [6, 6.07) is 15.3. The van der Waals surface area contributed by atoms with Crippen LogP contribution in [-0.2, 0) is 37.2 Å². The fourth-order valence-electron chi connectivity index (χ4n) is 4.71. The lowest BCUT2D eigenvalue weighted by Crippen LogP contribution is -2.26. The van der Waals surface area contributed by atoms with Crippen LogP contribution in [0.4, 0.5) is 5.69 Å². The molecule has 13 heteroatoms. The highest BCUT2D eigenvalue weighted by Gasteiger charge is 2.23. The third kappa shape index (κ3) is 10.9. The molecule has 3 aromatic rings. The van der Waals surface area contributed by atoms with E-state index in [4.69, 9.17) is 21.4 Å². The van der Waals surface area contributed by atoms with Crippen molar-refractivity contribution in [1.29, 1.82) is 0 Å². The topological polar surface area (TPSA) is 179 Å². The van der Waals surface area contributed by atoms with Gasteiger partial charge in [-0.05, 0) is 97.8 Å². The largest absolute Gasteiger partial charge is 0.508 e. The van der Waals surface area contributed by atoms with E-state index in [1.807, 2.05) is 0 Å². The highest BCUT2D eigenvalue weighted by molar-refractivity contribution is 7.89. The molecule has 0 saturated carbocycles. The number of nitrogens with one attached hydrogen (secondary N) is 2. The fourth-order valence-corrected chi connectivity index (χ4v) is 5.87. The number of carboxylic acids is 1. The number of ketones is 1. The van der Waals surface area contributed by atoms with Crippen LogP contribution in [0.2, 0.25) is 5.02 Å². The van der Waals surface area contributed by atoms with Gasteiger partial charge in [0.25, 0.3) is 0 Å². The quantitative estimate of drug-likeness (QED) is 0.131. The van der Waals surface area contributed by atoms with Crippen LogP contribution >= 0.6 is 11.6 Å². The van der Waals surface area contributed by atoms with Gasteiger partial charge >= 0.3 is 5.97 Å². The Hall–Kier alpha value is -3.97. The van der Waals surface area contributed by atoms with E-state index in [1.54, 1.807) is 31.2 Å². The van der Waals surface area contributed by atoms with Gasteiger partial charge in [0, 0.05) is 23.9 Å². The Morgan fingerprint density at radius 1 is 0.978 bits per heavy atom. The first-order valence-electron chi connectivity index (χ1n) is 14.3. The monoisotopic (exact) mass is 660 g/mol. The summed E-state index contributed by atoms with van der Waals surface area (Å²) in [5.74, 6) is -2.14. The molecule has 0 heterocycles. The normalized spacial score (nSPS) is 12.7. The van der Waals surface area contributed by atoms with E-state index < -0.39 is 34.6 Å². The number of benzene rings is 3. The Morgan fingerprint density at radius 2 is 1.69 bits per heavy atom. The molecule has 0 fully saturated rings. The molecule has 0 aromatic heterocycles. The molecule has 11 nitrogen and oxygen atoms in total. The Morgan fingerprint density at radius 3 is 2.36 bits per heavy atom. The van der Waals surface area contributed by atoms with Gasteiger partial charge in [-0.25, -0.2) is 17.9 Å². The minimum Gasteiger partial charge on any atom is -0.508 e. The number of phenols is 1. The van der Waals surface area contributed by atoms with Gasteiger partial charge in [-0.3, -0.25) is 9.59 Å². The molecular weight excluding hydrogens is 624 g/mol. The number of carboxylic acid groups (broad SMARTS) is 1. The molecule has 1 amide bonds. The molecule has 2 atom stereocenters. The number of aliphatic carboxylic acids is 1. The van der Waals surface area contributed by atoms with Gasteiger partial charge in [0.15, 0.2) is 12.4 Å². The van der Waals surface area contributed by atoms with E-state index in [0.717, 1.165) is 11.1 Å². The minimum atomic E-state index is -3.76. The number of phenolic OH excluding ortho intramolecular Hbond substituents is 1. The first kappa shape index (κ1) is 35.5. The maximum atomic E-state index is 12.9. The Balaban J connectivity index is 1.61. The maximum absolute atomic E-state index is 12.9. The van der Waals surface area contributed by atoms with Gasteiger partial charge < -0.3 is 25.4 Å². The second kappa shape index (κ2) is 16.4. The summed E-state index contributed by atoms with van der Waals surface area (Å²) in [5.41, 5.74) is 2.44. The first-order valence-corrected chi connectivity index (χ1v) is 16.2. The van der Waals surface area contributed by atoms with Crippen molar-refractivity contribution in [2.45, 2.75) is 62.9 Å². The second-order valence-corrected chi connectivity index (χ2v) is 12.8. The standard InChI is InChI=1S/C32H37ClN2O9S/c1-20(32(41)21(2)36)27-13-10-25(37)18-23(27)5-3-4-6-30(38)35-28-17-22(7-14-29(28)44-19-31(39)40)15-16-34-45(42,43)26-11-8-24(33)9-12-26/h7-14,17-18,20,32,34,37,41H,3-6,15-16,19H2,1-2H3,(H,35,38)(H,39,40). The van der Waals surface area contributed by atoms with Gasteiger partial charge in [-0.15, -0.1) is 0 Å². The average molecular weight is 661 g/mol. The molecule has 0 aliphatic carbocycles. The summed E-state index contributed by atoms with van der Waals surface area (Å²) in [4.78, 5) is 35.7. The summed E-state index contributed by atoms with van der Waals surface area (Å²) >= 11 is 5.84. The molecule has 45 heavy (non-hydrogen) atoms. The second-order valence-electron chi connectivity index (χ2n) is 10.6. The summed E-state index contributed by atoms with van der Waals surface area (Å²) in [6.07, 6.45) is 0.781. The Bertz CT molecular complexity index is 1610. The van der Waals surface area contributed by atoms with Gasteiger partial charge in [-0.2, -0.15) is 0 Å². The van der Waals surface area contributed by atoms with Crippen LogP contribution in [0.25, 0.3) is 0 Å². The van der Waals surface area contributed by atoms with Gasteiger partial charge in [0.1, 0.15) is 17.6 Å². The number of unbranched alkanes of at least 4 members (excludes halogenated alkanes) is 1. The van der Waals surface area contributed by atoms with Gasteiger partial charge in [-0.1, -0.05) is 30.7 Å². The summed E-state index contributed by atoms with van der Waals surface area (Å²) < 4.78 is 33.0. The van der Waals surface area contributed by atoms with Crippen molar-refractivity contribution in [3.8, 4) is 11.5 Å². The minimum absolute atomic E-state index is 0.0579. The predicted octanol–water partition coefficient (Wildman–Crippen LogP) is 4.43. The number of aromatic hydroxyl groups is 1. The van der Waals surface area contributed by atoms with E-state index >= 15 is 0 Å². The van der Waals surface area contributed by atoms with Crippen LogP contribution in [0, 0.1) is 0 Å². The SMILES string of the molecule is CC(=O)C(O)C(C)c1ccc(O)cc1CCCCC(=O)Nc1cc(CCNS(=O)(=O)c2ccc(Cl)cc2)ccc1OCC(=O)O. The molecule has 0 radical (unpaired) electrons. The molecule has 3 aromatic carbocycles. The van der Waals surface area contributed by atoms with Crippen LogP contribution in [-0.4, -0.2) is 60.7 Å². The van der Waals surface area contributed by atoms with Crippen LogP contribution < -0.4 is 14.8 Å². The molecule has 0 aliphatic heterocycles. The number of hydrogen-bond donors (Lipinski definition) is 5. The molecule has 242 valence electrons. The zero-order valence-electron chi connectivity index (χ0n) is 25.0. The molecular formula is C32H37ClN2O9S. The smallest absolute Gasteiger partial charge is 0.341 e. The Kier molecular flexibility index (Phi) is 12.9. The van der Waals surface area contributed by atoms with Crippen molar-refractivity contribution in [2.24, 2.45) is 0 Å². The number of aliphatic hydroxyl groups is 1. The molecule has 0 spiro atoms. The zero-order chi connectivity index (χ0) is 33.1. The number of Topliss-reactive ketones (excluding diaryl/α,β-unsaturated/α-hetero) is 1. The van der Waals surface area contributed by atoms with Crippen LogP contribution in [0.3, 0.4) is 0 Å². The first-order chi connectivity index (χ1) is 21.3. The van der Waals surface area contributed by atoms with Crippen molar-refractivity contribution in [3.05, 3.63) is 82.4 Å². The number of ether oxygens (including phenoxy) is 1. The third-order valence-electron chi connectivity index (χ3n) is 7.11. The van der Waals surface area contributed by atoms with Crippen molar-refractivity contribution in [2.75, 3.05) is 18.5 Å². The fraction of sp³-hybridized carbons (Fsp3) is 0.344. The van der Waals surface area contributed by atoms with E-state index in [1.165, 1.54) is 43.3 Å². The van der Waals surface area contributed by atoms with Crippen molar-refractivity contribution < 1.29 is 42.9 Å². The maximum Gasteiger partial charge on any atom is 0.341 e. The number of sulfonamides is 1. The van der Waals surface area contributed by atoms with E-state index in [-0.39, 0.29) is 53.2 Å². The highest BCUT2D eigenvalue weighted by Crippen LogP contribution is 2.29. The number of anilines is 1. The number of carbonyl (C=O) groups is 3. The zero-order valence-corrected chi connectivity index (χ0v) is 26.5. The van der Waals surface area contributed by atoms with Crippen LogP contribution in [0.15, 0.2) is 65.6 Å².